The molecule has 0 bridgehead atoms. The molecule has 3 aliphatic rings. The van der Waals surface area contributed by atoms with Gasteiger partial charge in [-0.05, 0) is 42.9 Å². The van der Waals surface area contributed by atoms with Crippen molar-refractivity contribution < 1.29 is 0 Å². The smallest absolute Gasteiger partial charge is 0.0352 e. The number of hydrogen-bond donors (Lipinski definition) is 0. The minimum absolute atomic E-state index is 1.13. The Kier molecular flexibility index (Phi) is 2.11. The molecule has 2 unspecified atom stereocenters. The minimum atomic E-state index is 1.13. The Morgan fingerprint density at radius 2 is 1.38 bits per heavy atom. The summed E-state index contributed by atoms with van der Waals surface area (Å²) in [5, 5.41) is 0. The van der Waals surface area contributed by atoms with E-state index in [0.717, 1.165) is 5.92 Å². The van der Waals surface area contributed by atoms with Crippen LogP contribution in [0.25, 0.3) is 0 Å². The number of fused-ring (bicyclic) bond motifs is 1. The first-order valence-electron chi connectivity index (χ1n) is 6.45. The molecule has 74 valence electrons. The second kappa shape index (κ2) is 3.29. The molecule has 3 aliphatic carbocycles. The molecule has 0 aromatic rings. The highest BCUT2D eigenvalue weighted by molar-refractivity contribution is 5.04. The number of hydrogen-bond acceptors (Lipinski definition) is 0. The molecular formula is C13H22. The van der Waals surface area contributed by atoms with Crippen LogP contribution < -0.4 is 0 Å². The fraction of sp³-hybridized carbons (Fsp3) is 1.00. The van der Waals surface area contributed by atoms with E-state index in [1.165, 1.54) is 37.0 Å². The summed E-state index contributed by atoms with van der Waals surface area (Å²) in [4.78, 5) is 0. The summed E-state index contributed by atoms with van der Waals surface area (Å²) < 4.78 is 0. The van der Waals surface area contributed by atoms with Crippen LogP contribution in [0, 0.1) is 23.7 Å². The lowest BCUT2D eigenvalue weighted by molar-refractivity contribution is 0.324. The van der Waals surface area contributed by atoms with Gasteiger partial charge in [-0.2, -0.15) is 0 Å². The van der Waals surface area contributed by atoms with Crippen LogP contribution in [0.5, 0.6) is 0 Å². The summed E-state index contributed by atoms with van der Waals surface area (Å²) >= 11 is 0. The summed E-state index contributed by atoms with van der Waals surface area (Å²) in [7, 11) is 0. The van der Waals surface area contributed by atoms with Crippen LogP contribution in [0.4, 0.5) is 0 Å². The Labute approximate surface area is 82.1 Å². The molecule has 0 radical (unpaired) electrons. The highest BCUT2D eigenvalue weighted by Crippen LogP contribution is 2.63. The van der Waals surface area contributed by atoms with E-state index >= 15 is 0 Å². The van der Waals surface area contributed by atoms with Crippen molar-refractivity contribution in [3.63, 3.8) is 0 Å². The third-order valence-corrected chi connectivity index (χ3v) is 4.98. The Morgan fingerprint density at radius 1 is 0.692 bits per heavy atom. The normalized spacial score (nSPS) is 43.8. The van der Waals surface area contributed by atoms with E-state index < -0.39 is 0 Å². The summed E-state index contributed by atoms with van der Waals surface area (Å²) in [5.41, 5.74) is 0. The van der Waals surface area contributed by atoms with Gasteiger partial charge < -0.3 is 0 Å². The standard InChI is InChI=1S/C13H22/c1-2-4-10(5-3-1)6-7-11-12-8-9-13(11)12/h10-13H,1-9H2. The van der Waals surface area contributed by atoms with Crippen molar-refractivity contribution in [3.05, 3.63) is 0 Å². The van der Waals surface area contributed by atoms with Gasteiger partial charge >= 0.3 is 0 Å². The molecular weight excluding hydrogens is 156 g/mol. The first kappa shape index (κ1) is 8.32. The van der Waals surface area contributed by atoms with Crippen molar-refractivity contribution in [3.8, 4) is 0 Å². The molecule has 0 aromatic heterocycles. The van der Waals surface area contributed by atoms with Crippen molar-refractivity contribution in [2.24, 2.45) is 23.7 Å². The summed E-state index contributed by atoms with van der Waals surface area (Å²) in [5.74, 6) is 4.79. The maximum atomic E-state index is 1.60. The monoisotopic (exact) mass is 178 g/mol. The molecule has 0 amide bonds. The van der Waals surface area contributed by atoms with Gasteiger partial charge in [0, 0.05) is 0 Å². The summed E-state index contributed by atoms with van der Waals surface area (Å²) in [6.07, 6.45) is 14.0. The lowest BCUT2D eigenvalue weighted by atomic mass is 9.85. The third kappa shape index (κ3) is 1.53. The quantitative estimate of drug-likeness (QED) is 0.612. The van der Waals surface area contributed by atoms with Crippen molar-refractivity contribution in [2.75, 3.05) is 0 Å². The van der Waals surface area contributed by atoms with Gasteiger partial charge in [0.2, 0.25) is 0 Å². The van der Waals surface area contributed by atoms with E-state index in [2.05, 4.69) is 0 Å². The molecule has 0 heterocycles. The topological polar surface area (TPSA) is 0 Å². The zero-order chi connectivity index (χ0) is 8.67. The Hall–Kier alpha value is 0. The van der Waals surface area contributed by atoms with Crippen LogP contribution in [-0.2, 0) is 0 Å². The van der Waals surface area contributed by atoms with Crippen molar-refractivity contribution in [2.45, 2.75) is 57.8 Å². The maximum absolute atomic E-state index is 1.60. The molecule has 0 heteroatoms. The minimum Gasteiger partial charge on any atom is -0.0533 e. The van der Waals surface area contributed by atoms with Gasteiger partial charge in [0.15, 0.2) is 0 Å². The molecule has 3 fully saturated rings. The van der Waals surface area contributed by atoms with Gasteiger partial charge in [0.05, 0.1) is 0 Å². The Morgan fingerprint density at radius 3 is 2.00 bits per heavy atom. The first-order valence-corrected chi connectivity index (χ1v) is 6.45. The van der Waals surface area contributed by atoms with Crippen molar-refractivity contribution in [1.82, 2.24) is 0 Å². The predicted molar refractivity (Wildman–Crippen MR) is 55.5 cm³/mol. The van der Waals surface area contributed by atoms with Crippen LogP contribution in [0.15, 0.2) is 0 Å². The summed E-state index contributed by atoms with van der Waals surface area (Å²) in [6.45, 7) is 0. The second-order valence-corrected chi connectivity index (χ2v) is 5.65. The van der Waals surface area contributed by atoms with E-state index in [-0.39, 0.29) is 0 Å². The lowest BCUT2D eigenvalue weighted by Gasteiger charge is -2.21. The lowest BCUT2D eigenvalue weighted by Crippen LogP contribution is -2.06. The van der Waals surface area contributed by atoms with Crippen LogP contribution >= 0.6 is 0 Å². The largest absolute Gasteiger partial charge is 0.0533 e. The van der Waals surface area contributed by atoms with Crippen LogP contribution in [-0.4, -0.2) is 0 Å². The highest BCUT2D eigenvalue weighted by Gasteiger charge is 2.55. The molecule has 3 saturated carbocycles. The molecule has 0 saturated heterocycles. The SMILES string of the molecule is C1CCC(CCC2C3CCC23)CC1. The summed E-state index contributed by atoms with van der Waals surface area (Å²) in [6, 6.07) is 0. The second-order valence-electron chi connectivity index (χ2n) is 5.65. The van der Waals surface area contributed by atoms with E-state index in [4.69, 9.17) is 0 Å². The molecule has 3 rings (SSSR count). The van der Waals surface area contributed by atoms with Gasteiger partial charge in [-0.25, -0.2) is 0 Å². The molecule has 0 N–H and O–H groups in total. The molecule has 0 aliphatic heterocycles. The van der Waals surface area contributed by atoms with Gasteiger partial charge in [0.1, 0.15) is 0 Å². The van der Waals surface area contributed by atoms with Gasteiger partial charge in [0.25, 0.3) is 0 Å². The van der Waals surface area contributed by atoms with Crippen molar-refractivity contribution in [1.29, 1.82) is 0 Å². The average molecular weight is 178 g/mol. The van der Waals surface area contributed by atoms with Crippen LogP contribution in [0.1, 0.15) is 57.8 Å². The molecule has 2 atom stereocenters. The Bertz CT molecular complexity index is 168. The van der Waals surface area contributed by atoms with E-state index in [1.54, 1.807) is 38.5 Å². The molecule has 0 nitrogen and oxygen atoms in total. The average Bonchev–Trinajstić information content (AvgIpc) is 2.65. The zero-order valence-electron chi connectivity index (χ0n) is 8.67. The molecule has 0 aromatic carbocycles. The van der Waals surface area contributed by atoms with Crippen LogP contribution in [0.2, 0.25) is 0 Å². The highest BCUT2D eigenvalue weighted by atomic mass is 14.6. The fourth-order valence-corrected chi connectivity index (χ4v) is 3.84. The van der Waals surface area contributed by atoms with Crippen LogP contribution in [0.3, 0.4) is 0 Å². The van der Waals surface area contributed by atoms with E-state index in [1.807, 2.05) is 0 Å². The molecule has 13 heavy (non-hydrogen) atoms. The van der Waals surface area contributed by atoms with Gasteiger partial charge in [-0.1, -0.05) is 38.5 Å². The maximum Gasteiger partial charge on any atom is -0.0352 e. The molecule has 0 spiro atoms. The first-order chi connectivity index (χ1) is 6.45. The fourth-order valence-electron chi connectivity index (χ4n) is 3.84. The Balaban J connectivity index is 1.38. The van der Waals surface area contributed by atoms with Gasteiger partial charge in [-0.15, -0.1) is 0 Å². The van der Waals surface area contributed by atoms with Crippen molar-refractivity contribution >= 4 is 0 Å². The predicted octanol–water partition coefficient (Wildman–Crippen LogP) is 4.00. The number of rotatable bonds is 3. The third-order valence-electron chi connectivity index (χ3n) is 4.98. The van der Waals surface area contributed by atoms with E-state index in [9.17, 15) is 0 Å². The van der Waals surface area contributed by atoms with Gasteiger partial charge in [-0.3, -0.25) is 0 Å². The zero-order valence-corrected chi connectivity index (χ0v) is 8.67. The van der Waals surface area contributed by atoms with E-state index in [0.29, 0.717) is 0 Å².